The molecule has 23 heavy (non-hydrogen) atoms. The van der Waals surface area contributed by atoms with Gasteiger partial charge >= 0.3 is 5.69 Å². The van der Waals surface area contributed by atoms with Crippen LogP contribution in [0.3, 0.4) is 0 Å². The molecule has 0 aliphatic carbocycles. The summed E-state index contributed by atoms with van der Waals surface area (Å²) in [5, 5.41) is 6.68. The van der Waals surface area contributed by atoms with Crippen molar-refractivity contribution in [2.24, 2.45) is 5.92 Å². The first-order valence-corrected chi connectivity index (χ1v) is 8.26. The molecule has 1 N–H and O–H groups in total. The molecule has 2 heterocycles. The maximum atomic E-state index is 13.2. The van der Waals surface area contributed by atoms with Crippen molar-refractivity contribution in [3.8, 4) is 0 Å². The van der Waals surface area contributed by atoms with Gasteiger partial charge in [-0.3, -0.25) is 9.47 Å². The van der Waals surface area contributed by atoms with Crippen LogP contribution in [0.5, 0.6) is 0 Å². The smallest absolute Gasteiger partial charge is 0.299 e. The van der Waals surface area contributed by atoms with Crippen molar-refractivity contribution in [1.29, 1.82) is 0 Å². The number of hydrogen-bond acceptors (Lipinski definition) is 3. The Morgan fingerprint density at radius 2 is 2.13 bits per heavy atom. The second-order valence-corrected chi connectivity index (χ2v) is 6.24. The van der Waals surface area contributed by atoms with Crippen molar-refractivity contribution in [3.63, 3.8) is 0 Å². The monoisotopic (exact) mass is 318 g/mol. The highest BCUT2D eigenvalue weighted by molar-refractivity contribution is 5.16. The molecule has 2 aromatic rings. The molecule has 0 bridgehead atoms. The minimum atomic E-state index is -0.173. The Balaban J connectivity index is 1.53. The first-order chi connectivity index (χ1) is 11.2. The number of rotatable bonds is 5. The second kappa shape index (κ2) is 7.08. The third-order valence-corrected chi connectivity index (χ3v) is 4.63. The van der Waals surface area contributed by atoms with Crippen LogP contribution in [-0.4, -0.2) is 32.8 Å². The van der Waals surface area contributed by atoms with Crippen LogP contribution >= 0.6 is 0 Å². The molecular formula is C17H23FN4O. The molecule has 5 nitrogen and oxygen atoms in total. The number of benzene rings is 1. The number of nitrogens with one attached hydrogen (secondary N) is 1. The van der Waals surface area contributed by atoms with E-state index in [-0.39, 0.29) is 11.5 Å². The molecular weight excluding hydrogens is 295 g/mol. The summed E-state index contributed by atoms with van der Waals surface area (Å²) in [6, 6.07) is 6.82. The predicted molar refractivity (Wildman–Crippen MR) is 86.6 cm³/mol. The molecule has 1 aliphatic heterocycles. The zero-order chi connectivity index (χ0) is 16.2. The topological polar surface area (TPSA) is 53.9 Å². The quantitative estimate of drug-likeness (QED) is 0.919. The molecule has 1 aromatic heterocycles. The Kier molecular flexibility index (Phi) is 4.91. The normalized spacial score (nSPS) is 16.8. The molecule has 3 rings (SSSR count). The molecule has 0 spiro atoms. The van der Waals surface area contributed by atoms with Crippen molar-refractivity contribution < 1.29 is 4.39 Å². The van der Waals surface area contributed by atoms with Gasteiger partial charge in [-0.2, -0.15) is 5.10 Å². The summed E-state index contributed by atoms with van der Waals surface area (Å²) in [7, 11) is 0. The molecule has 1 aromatic carbocycles. The lowest BCUT2D eigenvalue weighted by Gasteiger charge is -2.31. The van der Waals surface area contributed by atoms with Crippen LogP contribution in [0.1, 0.15) is 31.2 Å². The summed E-state index contributed by atoms with van der Waals surface area (Å²) in [5.41, 5.74) is 0.904. The lowest BCUT2D eigenvalue weighted by Crippen LogP contribution is -2.34. The largest absolute Gasteiger partial charge is 0.343 e. The standard InChI is InChI=1S/C17H23FN4O/c1-2-22-16(19-20-17(22)23)11-13-6-8-21(9-7-13)12-14-4-3-5-15(18)10-14/h3-5,10,13H,2,6-9,11-12H2,1H3,(H,20,23). The molecule has 0 unspecified atom stereocenters. The average Bonchev–Trinajstić information content (AvgIpc) is 2.89. The van der Waals surface area contributed by atoms with E-state index in [4.69, 9.17) is 0 Å². The third kappa shape index (κ3) is 3.88. The molecule has 0 saturated carbocycles. The fourth-order valence-electron chi connectivity index (χ4n) is 3.33. The molecule has 6 heteroatoms. The van der Waals surface area contributed by atoms with Crippen LogP contribution in [0, 0.1) is 11.7 Å². The van der Waals surface area contributed by atoms with Gasteiger partial charge in [-0.15, -0.1) is 0 Å². The number of H-pyrrole nitrogens is 1. The van der Waals surface area contributed by atoms with Gasteiger partial charge in [-0.1, -0.05) is 12.1 Å². The lowest BCUT2D eigenvalue weighted by atomic mass is 9.93. The van der Waals surface area contributed by atoms with E-state index in [0.717, 1.165) is 50.3 Å². The van der Waals surface area contributed by atoms with Crippen molar-refractivity contribution in [1.82, 2.24) is 19.7 Å². The van der Waals surface area contributed by atoms with Gasteiger partial charge in [0.25, 0.3) is 0 Å². The van der Waals surface area contributed by atoms with E-state index in [2.05, 4.69) is 15.1 Å². The predicted octanol–water partition coefficient (Wildman–Crippen LogP) is 2.19. The van der Waals surface area contributed by atoms with Crippen LogP contribution in [0.2, 0.25) is 0 Å². The van der Waals surface area contributed by atoms with Crippen molar-refractivity contribution in [2.75, 3.05) is 13.1 Å². The van der Waals surface area contributed by atoms with Gasteiger partial charge in [-0.25, -0.2) is 14.3 Å². The van der Waals surface area contributed by atoms with Crippen LogP contribution in [0.25, 0.3) is 0 Å². The average molecular weight is 318 g/mol. The van der Waals surface area contributed by atoms with Gasteiger partial charge < -0.3 is 0 Å². The maximum Gasteiger partial charge on any atom is 0.343 e. The van der Waals surface area contributed by atoms with Crippen LogP contribution in [0.15, 0.2) is 29.1 Å². The van der Waals surface area contributed by atoms with E-state index < -0.39 is 0 Å². The number of hydrogen-bond donors (Lipinski definition) is 1. The van der Waals surface area contributed by atoms with E-state index >= 15 is 0 Å². The molecule has 124 valence electrons. The fraction of sp³-hybridized carbons (Fsp3) is 0.529. The van der Waals surface area contributed by atoms with Gasteiger partial charge in [0, 0.05) is 19.5 Å². The molecule has 1 saturated heterocycles. The van der Waals surface area contributed by atoms with Crippen molar-refractivity contribution in [3.05, 3.63) is 52.0 Å². The number of likely N-dealkylation sites (tertiary alicyclic amines) is 1. The minimum absolute atomic E-state index is 0.119. The van der Waals surface area contributed by atoms with E-state index in [0.29, 0.717) is 12.5 Å². The van der Waals surface area contributed by atoms with Crippen LogP contribution in [0.4, 0.5) is 4.39 Å². The van der Waals surface area contributed by atoms with E-state index in [9.17, 15) is 9.18 Å². The van der Waals surface area contributed by atoms with Crippen molar-refractivity contribution in [2.45, 2.75) is 39.3 Å². The SMILES string of the molecule is CCn1c(CC2CCN(Cc3cccc(F)c3)CC2)n[nH]c1=O. The van der Waals surface area contributed by atoms with Gasteiger partial charge in [0.2, 0.25) is 0 Å². The lowest BCUT2D eigenvalue weighted by molar-refractivity contribution is 0.175. The molecule has 0 radical (unpaired) electrons. The van der Waals surface area contributed by atoms with Crippen LogP contribution in [-0.2, 0) is 19.5 Å². The maximum absolute atomic E-state index is 13.2. The Bertz CT molecular complexity index is 701. The van der Waals surface area contributed by atoms with Crippen LogP contribution < -0.4 is 5.69 Å². The molecule has 1 aliphatic rings. The number of aromatic amines is 1. The number of nitrogens with zero attached hydrogens (tertiary/aromatic N) is 3. The van der Waals surface area contributed by atoms with Gasteiger partial charge in [0.1, 0.15) is 11.6 Å². The summed E-state index contributed by atoms with van der Waals surface area (Å²) >= 11 is 0. The Hall–Kier alpha value is -1.95. The van der Waals surface area contributed by atoms with E-state index in [1.807, 2.05) is 13.0 Å². The molecule has 0 amide bonds. The number of aromatic nitrogens is 3. The highest BCUT2D eigenvalue weighted by atomic mass is 19.1. The Morgan fingerprint density at radius 1 is 1.35 bits per heavy atom. The number of piperidine rings is 1. The summed E-state index contributed by atoms with van der Waals surface area (Å²) in [6.45, 7) is 5.42. The zero-order valence-electron chi connectivity index (χ0n) is 13.5. The summed E-state index contributed by atoms with van der Waals surface area (Å²) in [4.78, 5) is 14.0. The highest BCUT2D eigenvalue weighted by Gasteiger charge is 2.21. The van der Waals surface area contributed by atoms with Gasteiger partial charge in [0.15, 0.2) is 0 Å². The Labute approximate surface area is 135 Å². The fourth-order valence-corrected chi connectivity index (χ4v) is 3.33. The molecule has 1 fully saturated rings. The highest BCUT2D eigenvalue weighted by Crippen LogP contribution is 2.22. The van der Waals surface area contributed by atoms with E-state index in [1.54, 1.807) is 16.7 Å². The first kappa shape index (κ1) is 15.9. The summed E-state index contributed by atoms with van der Waals surface area (Å²) in [6.07, 6.45) is 3.01. The zero-order valence-corrected chi connectivity index (χ0v) is 13.5. The second-order valence-electron chi connectivity index (χ2n) is 6.24. The Morgan fingerprint density at radius 3 is 2.83 bits per heavy atom. The third-order valence-electron chi connectivity index (χ3n) is 4.63. The summed E-state index contributed by atoms with van der Waals surface area (Å²) < 4.78 is 15.0. The van der Waals surface area contributed by atoms with Crippen molar-refractivity contribution >= 4 is 0 Å². The van der Waals surface area contributed by atoms with Gasteiger partial charge in [0.05, 0.1) is 0 Å². The summed E-state index contributed by atoms with van der Waals surface area (Å²) in [5.74, 6) is 1.24. The number of halogens is 1. The molecule has 0 atom stereocenters. The minimum Gasteiger partial charge on any atom is -0.299 e. The van der Waals surface area contributed by atoms with Gasteiger partial charge in [-0.05, 0) is 56.5 Å². The first-order valence-electron chi connectivity index (χ1n) is 8.26. The van der Waals surface area contributed by atoms with E-state index in [1.165, 1.54) is 6.07 Å².